The second-order valence-corrected chi connectivity index (χ2v) is 3.42. The van der Waals surface area contributed by atoms with Crippen molar-refractivity contribution in [2.24, 2.45) is 0 Å². The molecule has 14 heavy (non-hydrogen) atoms. The molecule has 0 saturated heterocycles. The summed E-state index contributed by atoms with van der Waals surface area (Å²) in [4.78, 5) is 0. The number of nitrogens with one attached hydrogen (secondary N) is 1. The standard InChI is InChI=1S/C12H17NO/c1-4-7-11(5-2)13-10(3)12-8-6-9-14-12/h1,6,8-11,13H,5,7H2,2-3H3. The summed E-state index contributed by atoms with van der Waals surface area (Å²) >= 11 is 0. The van der Waals surface area contributed by atoms with Gasteiger partial charge in [0.05, 0.1) is 12.3 Å². The fraction of sp³-hybridized carbons (Fsp3) is 0.500. The van der Waals surface area contributed by atoms with Crippen LogP contribution in [0.3, 0.4) is 0 Å². The smallest absolute Gasteiger partial charge is 0.120 e. The van der Waals surface area contributed by atoms with Gasteiger partial charge in [-0.05, 0) is 25.5 Å². The second-order valence-electron chi connectivity index (χ2n) is 3.42. The number of hydrogen-bond acceptors (Lipinski definition) is 2. The van der Waals surface area contributed by atoms with Crippen molar-refractivity contribution >= 4 is 0 Å². The zero-order chi connectivity index (χ0) is 10.4. The van der Waals surface area contributed by atoms with Gasteiger partial charge >= 0.3 is 0 Å². The Morgan fingerprint density at radius 2 is 2.43 bits per heavy atom. The summed E-state index contributed by atoms with van der Waals surface area (Å²) in [6.45, 7) is 4.21. The van der Waals surface area contributed by atoms with Gasteiger partial charge in [-0.2, -0.15) is 0 Å². The van der Waals surface area contributed by atoms with E-state index in [1.165, 1.54) is 0 Å². The molecule has 0 aliphatic heterocycles. The van der Waals surface area contributed by atoms with Crippen LogP contribution in [-0.2, 0) is 0 Å². The molecule has 0 spiro atoms. The molecule has 0 fully saturated rings. The maximum atomic E-state index is 5.30. The highest BCUT2D eigenvalue weighted by Gasteiger charge is 2.12. The van der Waals surface area contributed by atoms with E-state index in [-0.39, 0.29) is 6.04 Å². The first-order chi connectivity index (χ1) is 6.77. The van der Waals surface area contributed by atoms with Crippen LogP contribution in [0, 0.1) is 12.3 Å². The van der Waals surface area contributed by atoms with Crippen LogP contribution >= 0.6 is 0 Å². The largest absolute Gasteiger partial charge is 0.468 e. The van der Waals surface area contributed by atoms with E-state index in [0.717, 1.165) is 18.6 Å². The predicted molar refractivity (Wildman–Crippen MR) is 57.8 cm³/mol. The van der Waals surface area contributed by atoms with Crippen molar-refractivity contribution in [3.05, 3.63) is 24.2 Å². The SMILES string of the molecule is C#CCC(CC)NC(C)c1ccco1. The van der Waals surface area contributed by atoms with Gasteiger partial charge in [0.1, 0.15) is 5.76 Å². The molecule has 0 aromatic carbocycles. The van der Waals surface area contributed by atoms with Gasteiger partial charge in [0, 0.05) is 12.5 Å². The molecule has 1 heterocycles. The Balaban J connectivity index is 2.47. The lowest BCUT2D eigenvalue weighted by molar-refractivity contribution is 0.384. The third-order valence-corrected chi connectivity index (χ3v) is 2.31. The van der Waals surface area contributed by atoms with Crippen LogP contribution in [0.15, 0.2) is 22.8 Å². The van der Waals surface area contributed by atoms with E-state index >= 15 is 0 Å². The lowest BCUT2D eigenvalue weighted by Crippen LogP contribution is -2.30. The minimum Gasteiger partial charge on any atom is -0.468 e. The summed E-state index contributed by atoms with van der Waals surface area (Å²) in [7, 11) is 0. The van der Waals surface area contributed by atoms with Gasteiger partial charge in [-0.25, -0.2) is 0 Å². The molecule has 76 valence electrons. The average molecular weight is 191 g/mol. The maximum Gasteiger partial charge on any atom is 0.120 e. The molecule has 0 aliphatic rings. The fourth-order valence-electron chi connectivity index (χ4n) is 1.44. The second kappa shape index (κ2) is 5.51. The summed E-state index contributed by atoms with van der Waals surface area (Å²) in [6, 6.07) is 4.47. The summed E-state index contributed by atoms with van der Waals surface area (Å²) < 4.78 is 5.30. The average Bonchev–Trinajstić information content (AvgIpc) is 2.69. The molecule has 1 aromatic rings. The first kappa shape index (κ1) is 10.9. The minimum absolute atomic E-state index is 0.225. The first-order valence-electron chi connectivity index (χ1n) is 5.00. The Hall–Kier alpha value is -1.20. The molecule has 0 aliphatic carbocycles. The molecule has 2 unspecified atom stereocenters. The fourth-order valence-corrected chi connectivity index (χ4v) is 1.44. The van der Waals surface area contributed by atoms with E-state index in [1.54, 1.807) is 6.26 Å². The number of furan rings is 1. The van der Waals surface area contributed by atoms with E-state index in [2.05, 4.69) is 25.1 Å². The van der Waals surface area contributed by atoms with Crippen molar-refractivity contribution in [2.75, 3.05) is 0 Å². The quantitative estimate of drug-likeness (QED) is 0.724. The van der Waals surface area contributed by atoms with E-state index in [4.69, 9.17) is 10.8 Å². The van der Waals surface area contributed by atoms with Crippen LogP contribution in [0.2, 0.25) is 0 Å². The van der Waals surface area contributed by atoms with Gasteiger partial charge in [0.25, 0.3) is 0 Å². The highest BCUT2D eigenvalue weighted by Crippen LogP contribution is 2.14. The normalized spacial score (nSPS) is 14.6. The van der Waals surface area contributed by atoms with E-state index in [1.807, 2.05) is 12.1 Å². The zero-order valence-corrected chi connectivity index (χ0v) is 8.79. The third-order valence-electron chi connectivity index (χ3n) is 2.31. The topological polar surface area (TPSA) is 25.2 Å². The van der Waals surface area contributed by atoms with E-state index < -0.39 is 0 Å². The van der Waals surface area contributed by atoms with Gasteiger partial charge in [-0.1, -0.05) is 6.92 Å². The molecule has 1 aromatic heterocycles. The lowest BCUT2D eigenvalue weighted by Gasteiger charge is -2.18. The van der Waals surface area contributed by atoms with Crippen LogP contribution in [-0.4, -0.2) is 6.04 Å². The predicted octanol–water partition coefficient (Wildman–Crippen LogP) is 2.73. The molecule has 0 saturated carbocycles. The van der Waals surface area contributed by atoms with Crippen LogP contribution in [0.1, 0.15) is 38.5 Å². The molecule has 0 amide bonds. The molecule has 1 rings (SSSR count). The van der Waals surface area contributed by atoms with Crippen molar-refractivity contribution in [1.29, 1.82) is 0 Å². The Bertz CT molecular complexity index is 284. The summed E-state index contributed by atoms with van der Waals surface area (Å²) in [6.07, 6.45) is 8.78. The van der Waals surface area contributed by atoms with Gasteiger partial charge < -0.3 is 9.73 Å². The monoisotopic (exact) mass is 191 g/mol. The van der Waals surface area contributed by atoms with Crippen LogP contribution in [0.5, 0.6) is 0 Å². The Labute approximate surface area is 85.7 Å². The van der Waals surface area contributed by atoms with Crippen molar-refractivity contribution in [2.45, 2.75) is 38.8 Å². The summed E-state index contributed by atoms with van der Waals surface area (Å²) in [5.41, 5.74) is 0. The molecule has 2 heteroatoms. The molecule has 1 N–H and O–H groups in total. The molecule has 2 atom stereocenters. The number of terminal acetylenes is 1. The minimum atomic E-state index is 0.225. The van der Waals surface area contributed by atoms with E-state index in [9.17, 15) is 0 Å². The van der Waals surface area contributed by atoms with Crippen molar-refractivity contribution in [3.8, 4) is 12.3 Å². The summed E-state index contributed by atoms with van der Waals surface area (Å²) in [5, 5.41) is 3.43. The molecular weight excluding hydrogens is 174 g/mol. The maximum absolute atomic E-state index is 5.30. The van der Waals surface area contributed by atoms with Gasteiger partial charge in [0.15, 0.2) is 0 Å². The van der Waals surface area contributed by atoms with Gasteiger partial charge in [-0.3, -0.25) is 0 Å². The van der Waals surface area contributed by atoms with Crippen molar-refractivity contribution in [1.82, 2.24) is 5.32 Å². The van der Waals surface area contributed by atoms with Gasteiger partial charge in [0.2, 0.25) is 0 Å². The van der Waals surface area contributed by atoms with Crippen LogP contribution in [0.4, 0.5) is 0 Å². The Kier molecular flexibility index (Phi) is 4.28. The third kappa shape index (κ3) is 2.93. The van der Waals surface area contributed by atoms with Gasteiger partial charge in [-0.15, -0.1) is 12.3 Å². The molecule has 0 radical (unpaired) electrons. The lowest BCUT2D eigenvalue weighted by atomic mass is 10.1. The van der Waals surface area contributed by atoms with Crippen LogP contribution in [0.25, 0.3) is 0 Å². The zero-order valence-electron chi connectivity index (χ0n) is 8.79. The molecule has 0 bridgehead atoms. The molecule has 2 nitrogen and oxygen atoms in total. The Morgan fingerprint density at radius 3 is 2.93 bits per heavy atom. The highest BCUT2D eigenvalue weighted by molar-refractivity contribution is 5.04. The highest BCUT2D eigenvalue weighted by atomic mass is 16.3. The first-order valence-corrected chi connectivity index (χ1v) is 5.00. The van der Waals surface area contributed by atoms with Crippen molar-refractivity contribution < 1.29 is 4.42 Å². The Morgan fingerprint density at radius 1 is 1.64 bits per heavy atom. The van der Waals surface area contributed by atoms with E-state index in [0.29, 0.717) is 6.04 Å². The summed E-state index contributed by atoms with van der Waals surface area (Å²) in [5.74, 6) is 3.64. The molecular formula is C12H17NO. The number of hydrogen-bond donors (Lipinski definition) is 1. The number of rotatable bonds is 5. The van der Waals surface area contributed by atoms with Crippen LogP contribution < -0.4 is 5.32 Å². The van der Waals surface area contributed by atoms with Crippen molar-refractivity contribution in [3.63, 3.8) is 0 Å².